The molecule has 1 aliphatic heterocycles. The van der Waals surface area contributed by atoms with Crippen molar-refractivity contribution in [1.29, 1.82) is 0 Å². The maximum absolute atomic E-state index is 12.2. The summed E-state index contributed by atoms with van der Waals surface area (Å²) in [5.74, 6) is -2.10. The number of rotatable bonds is 12. The Morgan fingerprint density at radius 1 is 0.633 bits per heavy atom. The van der Waals surface area contributed by atoms with Gasteiger partial charge in [0.2, 0.25) is 12.4 Å². The van der Waals surface area contributed by atoms with Gasteiger partial charge in [-0.1, -0.05) is 27.7 Å². The lowest BCUT2D eigenvalue weighted by Gasteiger charge is -2.40. The number of hydrogen-bond donors (Lipinski definition) is 0. The standard InChI is InChI=1S/C21H34O9/c1-5-9-15(22)27-14-13-26-21(30-18(25)12-8-4)20(29-17(24)11-7-3)19(14)28-16(23)10-6-2/h14,19-21H,5-13H2,1-4H3/t14-,19+,20-,21-/m1/s1. The Kier molecular flexibility index (Phi) is 12.0. The van der Waals surface area contributed by atoms with Gasteiger partial charge in [0, 0.05) is 25.7 Å². The average Bonchev–Trinajstić information content (AvgIpc) is 2.67. The minimum atomic E-state index is -1.26. The molecule has 0 bridgehead atoms. The molecule has 0 radical (unpaired) electrons. The summed E-state index contributed by atoms with van der Waals surface area (Å²) in [6, 6.07) is 0. The van der Waals surface area contributed by atoms with Crippen LogP contribution in [0.1, 0.15) is 79.1 Å². The van der Waals surface area contributed by atoms with Gasteiger partial charge in [0.25, 0.3) is 0 Å². The van der Waals surface area contributed by atoms with Gasteiger partial charge in [0.05, 0.1) is 6.61 Å². The van der Waals surface area contributed by atoms with Gasteiger partial charge in [-0.05, 0) is 25.7 Å². The van der Waals surface area contributed by atoms with E-state index >= 15 is 0 Å². The summed E-state index contributed by atoms with van der Waals surface area (Å²) < 4.78 is 27.3. The molecule has 0 aromatic carbocycles. The predicted octanol–water partition coefficient (Wildman–Crippen LogP) is 2.82. The second kappa shape index (κ2) is 14.0. The van der Waals surface area contributed by atoms with Gasteiger partial charge in [-0.2, -0.15) is 0 Å². The molecule has 0 aromatic heterocycles. The van der Waals surface area contributed by atoms with Crippen LogP contribution in [0.3, 0.4) is 0 Å². The molecule has 0 spiro atoms. The lowest BCUT2D eigenvalue weighted by atomic mass is 10.0. The van der Waals surface area contributed by atoms with Crippen molar-refractivity contribution in [2.24, 2.45) is 0 Å². The van der Waals surface area contributed by atoms with Crippen LogP contribution in [0.15, 0.2) is 0 Å². The van der Waals surface area contributed by atoms with Crippen LogP contribution in [-0.4, -0.2) is 55.1 Å². The third kappa shape index (κ3) is 8.69. The summed E-state index contributed by atoms with van der Waals surface area (Å²) in [7, 11) is 0. The minimum absolute atomic E-state index is 0.127. The van der Waals surface area contributed by atoms with E-state index in [0.29, 0.717) is 25.7 Å². The molecule has 1 heterocycles. The molecule has 30 heavy (non-hydrogen) atoms. The second-order valence-electron chi connectivity index (χ2n) is 7.13. The number of hydrogen-bond acceptors (Lipinski definition) is 9. The highest BCUT2D eigenvalue weighted by Gasteiger charge is 2.49. The Bertz CT molecular complexity index is 525. The normalized spacial score (nSPS) is 23.3. The lowest BCUT2D eigenvalue weighted by molar-refractivity contribution is -0.275. The van der Waals surface area contributed by atoms with E-state index in [0.717, 1.165) is 0 Å². The van der Waals surface area contributed by atoms with Crippen molar-refractivity contribution in [3.63, 3.8) is 0 Å². The fourth-order valence-electron chi connectivity index (χ4n) is 2.87. The van der Waals surface area contributed by atoms with E-state index in [4.69, 9.17) is 23.7 Å². The molecule has 1 aliphatic rings. The average molecular weight is 430 g/mol. The molecular formula is C21H34O9. The number of ether oxygens (including phenoxy) is 5. The smallest absolute Gasteiger partial charge is 0.308 e. The molecule has 0 N–H and O–H groups in total. The van der Waals surface area contributed by atoms with Crippen LogP contribution in [0.5, 0.6) is 0 Å². The Labute approximate surface area is 177 Å². The van der Waals surface area contributed by atoms with Crippen molar-refractivity contribution in [1.82, 2.24) is 0 Å². The predicted molar refractivity (Wildman–Crippen MR) is 105 cm³/mol. The van der Waals surface area contributed by atoms with Crippen LogP contribution in [0, 0.1) is 0 Å². The summed E-state index contributed by atoms with van der Waals surface area (Å²) in [5, 5.41) is 0. The van der Waals surface area contributed by atoms with Gasteiger partial charge in [-0.25, -0.2) is 0 Å². The molecule has 9 heteroatoms. The molecule has 1 saturated heterocycles. The topological polar surface area (TPSA) is 114 Å². The zero-order chi connectivity index (χ0) is 22.5. The zero-order valence-electron chi connectivity index (χ0n) is 18.3. The van der Waals surface area contributed by atoms with Gasteiger partial charge in [-0.15, -0.1) is 0 Å². The van der Waals surface area contributed by atoms with E-state index in [1.807, 2.05) is 27.7 Å². The van der Waals surface area contributed by atoms with E-state index in [1.165, 1.54) is 0 Å². The monoisotopic (exact) mass is 430 g/mol. The highest BCUT2D eigenvalue weighted by atomic mass is 16.7. The van der Waals surface area contributed by atoms with Gasteiger partial charge in [0.15, 0.2) is 12.2 Å². The van der Waals surface area contributed by atoms with Crippen molar-refractivity contribution < 1.29 is 42.9 Å². The first kappa shape index (κ1) is 25.9. The first-order chi connectivity index (χ1) is 14.4. The number of carbonyl (C=O) groups is 4. The molecule has 0 unspecified atom stereocenters. The fourth-order valence-corrected chi connectivity index (χ4v) is 2.87. The Hall–Kier alpha value is -2.16. The largest absolute Gasteiger partial charge is 0.456 e. The summed E-state index contributed by atoms with van der Waals surface area (Å²) in [6.07, 6.45) is -1.76. The van der Waals surface area contributed by atoms with Gasteiger partial charge in [0.1, 0.15) is 0 Å². The molecule has 172 valence electrons. The van der Waals surface area contributed by atoms with Crippen LogP contribution in [-0.2, 0) is 42.9 Å². The molecular weight excluding hydrogens is 396 g/mol. The molecule has 9 nitrogen and oxygen atoms in total. The van der Waals surface area contributed by atoms with Crippen molar-refractivity contribution in [2.45, 2.75) is 104 Å². The zero-order valence-corrected chi connectivity index (χ0v) is 18.3. The Balaban J connectivity index is 3.12. The van der Waals surface area contributed by atoms with Gasteiger partial charge >= 0.3 is 23.9 Å². The van der Waals surface area contributed by atoms with Crippen LogP contribution in [0.4, 0.5) is 0 Å². The van der Waals surface area contributed by atoms with Crippen LogP contribution in [0.2, 0.25) is 0 Å². The van der Waals surface area contributed by atoms with Crippen molar-refractivity contribution in [3.05, 3.63) is 0 Å². The second-order valence-corrected chi connectivity index (χ2v) is 7.13. The van der Waals surface area contributed by atoms with E-state index in [2.05, 4.69) is 0 Å². The summed E-state index contributed by atoms with van der Waals surface area (Å²) in [5.41, 5.74) is 0. The molecule has 0 aliphatic carbocycles. The summed E-state index contributed by atoms with van der Waals surface area (Å²) in [6.45, 7) is 7.12. The van der Waals surface area contributed by atoms with Crippen molar-refractivity contribution >= 4 is 23.9 Å². The van der Waals surface area contributed by atoms with Crippen LogP contribution < -0.4 is 0 Å². The summed E-state index contributed by atoms with van der Waals surface area (Å²) in [4.78, 5) is 48.4. The fraction of sp³-hybridized carbons (Fsp3) is 0.810. The summed E-state index contributed by atoms with van der Waals surface area (Å²) >= 11 is 0. The van der Waals surface area contributed by atoms with E-state index in [9.17, 15) is 19.2 Å². The van der Waals surface area contributed by atoms with Gasteiger partial charge in [-0.3, -0.25) is 19.2 Å². The molecule has 1 fully saturated rings. The molecule has 1 rings (SSSR count). The first-order valence-corrected chi connectivity index (χ1v) is 10.8. The van der Waals surface area contributed by atoms with E-state index in [-0.39, 0.29) is 32.3 Å². The highest BCUT2D eigenvalue weighted by molar-refractivity contribution is 5.72. The maximum Gasteiger partial charge on any atom is 0.308 e. The van der Waals surface area contributed by atoms with E-state index in [1.54, 1.807) is 0 Å². The third-order valence-corrected chi connectivity index (χ3v) is 4.27. The Morgan fingerprint density at radius 2 is 1.03 bits per heavy atom. The van der Waals surface area contributed by atoms with Crippen LogP contribution >= 0.6 is 0 Å². The van der Waals surface area contributed by atoms with E-state index < -0.39 is 48.5 Å². The number of esters is 4. The maximum atomic E-state index is 12.2. The van der Waals surface area contributed by atoms with Crippen molar-refractivity contribution in [2.75, 3.05) is 6.61 Å². The quantitative estimate of drug-likeness (QED) is 0.340. The molecule has 0 saturated carbocycles. The number of carbonyl (C=O) groups excluding carboxylic acids is 4. The lowest BCUT2D eigenvalue weighted by Crippen LogP contribution is -2.58. The van der Waals surface area contributed by atoms with Crippen molar-refractivity contribution in [3.8, 4) is 0 Å². The first-order valence-electron chi connectivity index (χ1n) is 10.8. The molecule has 0 aromatic rings. The minimum Gasteiger partial charge on any atom is -0.456 e. The third-order valence-electron chi connectivity index (χ3n) is 4.27. The molecule has 0 amide bonds. The SMILES string of the molecule is CCCC(=O)O[C@H]1OC[C@@H](OC(=O)CCC)[C@H](OC(=O)CCC)[C@H]1OC(=O)CCC. The van der Waals surface area contributed by atoms with Gasteiger partial charge < -0.3 is 23.7 Å². The van der Waals surface area contributed by atoms with Crippen LogP contribution in [0.25, 0.3) is 0 Å². The highest BCUT2D eigenvalue weighted by Crippen LogP contribution is 2.26. The molecule has 4 atom stereocenters. The Morgan fingerprint density at radius 3 is 1.50 bits per heavy atom.